The normalized spacial score (nSPS) is 15.0. The Kier molecular flexibility index (Phi) is 5.08. The van der Waals surface area contributed by atoms with Gasteiger partial charge < -0.3 is 5.32 Å². The van der Waals surface area contributed by atoms with Crippen molar-refractivity contribution >= 4 is 29.2 Å². The number of nitrogens with zero attached hydrogens (tertiary/aromatic N) is 3. The Hall–Kier alpha value is -2.34. The summed E-state index contributed by atoms with van der Waals surface area (Å²) in [6, 6.07) is 8.80. The lowest BCUT2D eigenvalue weighted by Gasteiger charge is -2.31. The van der Waals surface area contributed by atoms with E-state index in [1.165, 1.54) is 0 Å². The van der Waals surface area contributed by atoms with Gasteiger partial charge in [0.15, 0.2) is 0 Å². The van der Waals surface area contributed by atoms with Crippen LogP contribution >= 0.6 is 11.6 Å². The van der Waals surface area contributed by atoms with Gasteiger partial charge in [-0.1, -0.05) is 23.7 Å². The van der Waals surface area contributed by atoms with E-state index in [4.69, 9.17) is 11.6 Å². The number of benzene rings is 1. The zero-order valence-electron chi connectivity index (χ0n) is 14.3. The number of carbonyl (C=O) groups is 2. The molecule has 0 bridgehead atoms. The molecule has 2 heterocycles. The number of amides is 2. The third-order valence-electron chi connectivity index (χ3n) is 4.33. The van der Waals surface area contributed by atoms with E-state index in [0.29, 0.717) is 36.8 Å². The molecule has 0 fully saturated rings. The van der Waals surface area contributed by atoms with Crippen LogP contribution in [-0.4, -0.2) is 34.2 Å². The van der Waals surface area contributed by atoms with Crippen LogP contribution in [0.25, 0.3) is 0 Å². The Morgan fingerprint density at radius 2 is 2.08 bits per heavy atom. The molecule has 0 saturated heterocycles. The van der Waals surface area contributed by atoms with E-state index >= 15 is 0 Å². The molecule has 132 valence electrons. The van der Waals surface area contributed by atoms with Crippen LogP contribution in [0.2, 0.25) is 5.02 Å². The SMILES string of the molecule is Cc1cc2n(n1)CCC(=O)N2[C@H](C)C(=O)NCCc1ccc(Cl)cc1. The van der Waals surface area contributed by atoms with Crippen molar-refractivity contribution in [1.82, 2.24) is 15.1 Å². The average Bonchev–Trinajstić information content (AvgIpc) is 2.96. The first-order valence-electron chi connectivity index (χ1n) is 8.34. The summed E-state index contributed by atoms with van der Waals surface area (Å²) in [5, 5.41) is 7.96. The van der Waals surface area contributed by atoms with E-state index in [9.17, 15) is 9.59 Å². The largest absolute Gasteiger partial charge is 0.354 e. The summed E-state index contributed by atoms with van der Waals surface area (Å²) in [5.74, 6) is 0.469. The van der Waals surface area contributed by atoms with Crippen molar-refractivity contribution in [3.05, 3.63) is 46.6 Å². The Labute approximate surface area is 151 Å². The molecule has 1 aromatic heterocycles. The van der Waals surface area contributed by atoms with Gasteiger partial charge in [0.25, 0.3) is 0 Å². The minimum atomic E-state index is -0.576. The summed E-state index contributed by atoms with van der Waals surface area (Å²) in [6.07, 6.45) is 1.07. The van der Waals surface area contributed by atoms with Gasteiger partial charge in [-0.2, -0.15) is 5.10 Å². The Morgan fingerprint density at radius 1 is 1.36 bits per heavy atom. The van der Waals surface area contributed by atoms with E-state index in [2.05, 4.69) is 10.4 Å². The summed E-state index contributed by atoms with van der Waals surface area (Å²) < 4.78 is 1.79. The molecule has 0 saturated carbocycles. The van der Waals surface area contributed by atoms with Crippen molar-refractivity contribution in [3.63, 3.8) is 0 Å². The van der Waals surface area contributed by atoms with Crippen LogP contribution in [0.4, 0.5) is 5.82 Å². The molecule has 0 aliphatic carbocycles. The standard InChI is InChI=1S/C18H21ClN4O2/c1-12-11-16-22(21-12)10-8-17(24)23(16)13(2)18(25)20-9-7-14-3-5-15(19)6-4-14/h3-6,11,13H,7-10H2,1-2H3,(H,20,25)/t13-/m1/s1. The van der Waals surface area contributed by atoms with Gasteiger partial charge in [-0.3, -0.25) is 14.5 Å². The lowest BCUT2D eigenvalue weighted by atomic mass is 10.1. The highest BCUT2D eigenvalue weighted by molar-refractivity contribution is 6.30. The Bertz CT molecular complexity index is 785. The van der Waals surface area contributed by atoms with Crippen LogP contribution in [0.3, 0.4) is 0 Å². The van der Waals surface area contributed by atoms with Crippen molar-refractivity contribution in [3.8, 4) is 0 Å². The van der Waals surface area contributed by atoms with E-state index in [0.717, 1.165) is 11.3 Å². The number of aryl methyl sites for hydroxylation is 2. The first kappa shape index (κ1) is 17.5. The molecule has 6 nitrogen and oxygen atoms in total. The third kappa shape index (κ3) is 3.85. The predicted octanol–water partition coefficient (Wildman–Crippen LogP) is 2.33. The summed E-state index contributed by atoms with van der Waals surface area (Å²) in [4.78, 5) is 26.4. The van der Waals surface area contributed by atoms with Crippen molar-refractivity contribution in [2.45, 2.75) is 39.3 Å². The molecular weight excluding hydrogens is 340 g/mol. The number of aromatic nitrogens is 2. The molecule has 3 rings (SSSR count). The van der Waals surface area contributed by atoms with E-state index in [1.807, 2.05) is 37.3 Å². The first-order valence-corrected chi connectivity index (χ1v) is 8.72. The molecule has 1 aliphatic rings. The second-order valence-corrected chi connectivity index (χ2v) is 6.66. The highest BCUT2D eigenvalue weighted by Crippen LogP contribution is 2.24. The van der Waals surface area contributed by atoms with Crippen molar-refractivity contribution < 1.29 is 9.59 Å². The van der Waals surface area contributed by atoms with Crippen LogP contribution in [0.15, 0.2) is 30.3 Å². The average molecular weight is 361 g/mol. The summed E-state index contributed by atoms with van der Waals surface area (Å²) in [5.41, 5.74) is 1.94. The zero-order valence-corrected chi connectivity index (χ0v) is 15.1. The van der Waals surface area contributed by atoms with Gasteiger partial charge >= 0.3 is 0 Å². The fraction of sp³-hybridized carbons (Fsp3) is 0.389. The second kappa shape index (κ2) is 7.27. The number of carbonyl (C=O) groups excluding carboxylic acids is 2. The lowest BCUT2D eigenvalue weighted by Crippen LogP contribution is -2.51. The maximum atomic E-state index is 12.5. The van der Waals surface area contributed by atoms with Crippen molar-refractivity contribution in [1.29, 1.82) is 0 Å². The summed E-state index contributed by atoms with van der Waals surface area (Å²) in [7, 11) is 0. The van der Waals surface area contributed by atoms with E-state index < -0.39 is 6.04 Å². The highest BCUT2D eigenvalue weighted by Gasteiger charge is 2.32. The smallest absolute Gasteiger partial charge is 0.242 e. The van der Waals surface area contributed by atoms with Gasteiger partial charge in [-0.25, -0.2) is 4.68 Å². The van der Waals surface area contributed by atoms with Crippen LogP contribution in [-0.2, 0) is 22.6 Å². The Morgan fingerprint density at radius 3 is 2.80 bits per heavy atom. The van der Waals surface area contributed by atoms with Gasteiger partial charge in [0, 0.05) is 24.1 Å². The molecule has 0 radical (unpaired) electrons. The number of anilines is 1. The number of hydrogen-bond donors (Lipinski definition) is 1. The Balaban J connectivity index is 1.62. The minimum Gasteiger partial charge on any atom is -0.354 e. The third-order valence-corrected chi connectivity index (χ3v) is 4.58. The van der Waals surface area contributed by atoms with Crippen LogP contribution in [0.5, 0.6) is 0 Å². The van der Waals surface area contributed by atoms with Crippen LogP contribution in [0, 0.1) is 6.92 Å². The van der Waals surface area contributed by atoms with Crippen molar-refractivity contribution in [2.24, 2.45) is 0 Å². The van der Waals surface area contributed by atoms with Gasteiger partial charge in [0.1, 0.15) is 11.9 Å². The van der Waals surface area contributed by atoms with Gasteiger partial charge in [0.05, 0.1) is 12.2 Å². The van der Waals surface area contributed by atoms with E-state index in [-0.39, 0.29) is 11.8 Å². The topological polar surface area (TPSA) is 67.2 Å². The molecule has 0 spiro atoms. The quantitative estimate of drug-likeness (QED) is 0.889. The maximum absolute atomic E-state index is 12.5. The molecule has 2 aromatic rings. The summed E-state index contributed by atoms with van der Waals surface area (Å²) in [6.45, 7) is 4.69. The van der Waals surface area contributed by atoms with Gasteiger partial charge in [-0.05, 0) is 38.0 Å². The molecule has 25 heavy (non-hydrogen) atoms. The zero-order chi connectivity index (χ0) is 18.0. The molecule has 1 N–H and O–H groups in total. The fourth-order valence-electron chi connectivity index (χ4n) is 3.00. The van der Waals surface area contributed by atoms with Gasteiger partial charge in [-0.15, -0.1) is 0 Å². The molecule has 1 atom stereocenters. The number of hydrogen-bond acceptors (Lipinski definition) is 3. The lowest BCUT2D eigenvalue weighted by molar-refractivity contribution is -0.126. The molecule has 7 heteroatoms. The van der Waals surface area contributed by atoms with Crippen LogP contribution < -0.4 is 10.2 Å². The monoisotopic (exact) mass is 360 g/mol. The fourth-order valence-corrected chi connectivity index (χ4v) is 3.13. The number of nitrogens with one attached hydrogen (secondary N) is 1. The molecule has 2 amide bonds. The molecular formula is C18H21ClN4O2. The molecule has 1 aromatic carbocycles. The minimum absolute atomic E-state index is 0.0484. The molecule has 1 aliphatic heterocycles. The van der Waals surface area contributed by atoms with Crippen molar-refractivity contribution in [2.75, 3.05) is 11.4 Å². The number of rotatable bonds is 5. The van der Waals surface area contributed by atoms with E-state index in [1.54, 1.807) is 16.5 Å². The van der Waals surface area contributed by atoms with Crippen LogP contribution in [0.1, 0.15) is 24.6 Å². The first-order chi connectivity index (χ1) is 12.0. The number of halogens is 1. The molecule has 0 unspecified atom stereocenters. The highest BCUT2D eigenvalue weighted by atomic mass is 35.5. The second-order valence-electron chi connectivity index (χ2n) is 6.22. The maximum Gasteiger partial charge on any atom is 0.242 e. The number of fused-ring (bicyclic) bond motifs is 1. The summed E-state index contributed by atoms with van der Waals surface area (Å²) >= 11 is 5.87. The predicted molar refractivity (Wildman–Crippen MR) is 96.7 cm³/mol. The van der Waals surface area contributed by atoms with Gasteiger partial charge in [0.2, 0.25) is 11.8 Å².